The van der Waals surface area contributed by atoms with E-state index in [4.69, 9.17) is 14.5 Å². The minimum Gasteiger partial charge on any atom is -0.351 e. The smallest absolute Gasteiger partial charge is 0.201 e. The molecule has 4 heteroatoms. The molecule has 1 rings (SSSR count). The maximum absolute atomic E-state index is 5.54. The SMILES string of the molecule is C=C(COOC1(OC)CCCCC1)C[Si](C)(C)C. The van der Waals surface area contributed by atoms with Crippen LogP contribution in [0.3, 0.4) is 0 Å². The van der Waals surface area contributed by atoms with Gasteiger partial charge in [-0.1, -0.05) is 38.2 Å². The zero-order chi connectivity index (χ0) is 13.6. The Kier molecular flexibility index (Phi) is 6.04. The first kappa shape index (κ1) is 15.9. The highest BCUT2D eigenvalue weighted by molar-refractivity contribution is 6.76. The molecule has 0 aromatic heterocycles. The van der Waals surface area contributed by atoms with E-state index in [1.54, 1.807) is 7.11 Å². The number of rotatable bonds is 7. The molecule has 0 bridgehead atoms. The van der Waals surface area contributed by atoms with Gasteiger partial charge in [-0.15, -0.1) is 0 Å². The van der Waals surface area contributed by atoms with Crippen molar-refractivity contribution < 1.29 is 14.5 Å². The molecule has 1 saturated carbocycles. The molecule has 0 unspecified atom stereocenters. The van der Waals surface area contributed by atoms with E-state index in [-0.39, 0.29) is 0 Å². The van der Waals surface area contributed by atoms with Crippen molar-refractivity contribution in [2.24, 2.45) is 0 Å². The lowest BCUT2D eigenvalue weighted by atomic mass is 9.94. The minimum absolute atomic E-state index is 0.482. The van der Waals surface area contributed by atoms with Crippen LogP contribution in [-0.4, -0.2) is 27.6 Å². The lowest BCUT2D eigenvalue weighted by Crippen LogP contribution is -2.37. The van der Waals surface area contributed by atoms with E-state index >= 15 is 0 Å². The Morgan fingerprint density at radius 1 is 1.17 bits per heavy atom. The summed E-state index contributed by atoms with van der Waals surface area (Å²) in [6.07, 6.45) is 5.39. The summed E-state index contributed by atoms with van der Waals surface area (Å²) in [7, 11) is 0.597. The molecule has 0 spiro atoms. The molecule has 106 valence electrons. The van der Waals surface area contributed by atoms with Crippen molar-refractivity contribution in [3.8, 4) is 0 Å². The Morgan fingerprint density at radius 3 is 2.28 bits per heavy atom. The topological polar surface area (TPSA) is 27.7 Å². The second kappa shape index (κ2) is 6.85. The Morgan fingerprint density at radius 2 is 1.78 bits per heavy atom. The molecule has 0 saturated heterocycles. The molecule has 0 radical (unpaired) electrons. The van der Waals surface area contributed by atoms with Crippen molar-refractivity contribution in [1.82, 2.24) is 0 Å². The second-order valence-corrected chi connectivity index (χ2v) is 12.0. The monoisotopic (exact) mass is 272 g/mol. The van der Waals surface area contributed by atoms with Crippen LogP contribution in [0.4, 0.5) is 0 Å². The third-order valence-electron chi connectivity index (χ3n) is 3.24. The first-order chi connectivity index (χ1) is 8.37. The highest BCUT2D eigenvalue weighted by Crippen LogP contribution is 2.32. The van der Waals surface area contributed by atoms with E-state index in [9.17, 15) is 0 Å². The second-order valence-electron chi connectivity index (χ2n) is 6.51. The minimum atomic E-state index is -1.10. The molecule has 1 aliphatic carbocycles. The largest absolute Gasteiger partial charge is 0.351 e. The molecule has 0 heterocycles. The Hall–Kier alpha value is -0.163. The summed E-state index contributed by atoms with van der Waals surface area (Å²) in [4.78, 5) is 10.9. The highest BCUT2D eigenvalue weighted by atomic mass is 28.3. The van der Waals surface area contributed by atoms with Gasteiger partial charge >= 0.3 is 0 Å². The van der Waals surface area contributed by atoms with Crippen molar-refractivity contribution in [3.63, 3.8) is 0 Å². The van der Waals surface area contributed by atoms with Crippen LogP contribution < -0.4 is 0 Å². The fraction of sp³-hybridized carbons (Fsp3) is 0.857. The van der Waals surface area contributed by atoms with Crippen molar-refractivity contribution in [3.05, 3.63) is 12.2 Å². The van der Waals surface area contributed by atoms with Gasteiger partial charge in [0.2, 0.25) is 5.79 Å². The zero-order valence-corrected chi connectivity index (χ0v) is 13.4. The molecule has 0 aromatic rings. The summed E-state index contributed by atoms with van der Waals surface area (Å²) in [6, 6.07) is 1.08. The first-order valence-corrected chi connectivity index (χ1v) is 10.6. The van der Waals surface area contributed by atoms with Crippen LogP contribution >= 0.6 is 0 Å². The van der Waals surface area contributed by atoms with Crippen molar-refractivity contribution in [2.45, 2.75) is 63.6 Å². The van der Waals surface area contributed by atoms with Crippen LogP contribution in [0.5, 0.6) is 0 Å². The molecule has 0 N–H and O–H groups in total. The van der Waals surface area contributed by atoms with Crippen LogP contribution in [0.25, 0.3) is 0 Å². The third kappa shape index (κ3) is 5.65. The third-order valence-corrected chi connectivity index (χ3v) is 4.80. The summed E-state index contributed by atoms with van der Waals surface area (Å²) >= 11 is 0. The van der Waals surface area contributed by atoms with Gasteiger partial charge in [0.25, 0.3) is 0 Å². The van der Waals surface area contributed by atoms with Gasteiger partial charge in [0.05, 0.1) is 0 Å². The maximum atomic E-state index is 5.54. The lowest BCUT2D eigenvalue weighted by Gasteiger charge is -2.34. The van der Waals surface area contributed by atoms with Crippen molar-refractivity contribution in [1.29, 1.82) is 0 Å². The molecular formula is C14H28O3Si. The van der Waals surface area contributed by atoms with Crippen molar-refractivity contribution >= 4 is 8.07 Å². The summed E-state index contributed by atoms with van der Waals surface area (Å²) < 4.78 is 5.49. The standard InChI is InChI=1S/C14H28O3Si/c1-13(12-18(3,4)5)11-16-17-14(15-2)9-7-6-8-10-14/h1,6-12H2,2-5H3. The zero-order valence-electron chi connectivity index (χ0n) is 12.4. The van der Waals surface area contributed by atoms with Gasteiger partial charge in [-0.3, -0.25) is 0 Å². The molecule has 0 atom stereocenters. The summed E-state index contributed by atoms with van der Waals surface area (Å²) in [6.45, 7) is 11.5. The normalized spacial score (nSPS) is 19.8. The van der Waals surface area contributed by atoms with Crippen molar-refractivity contribution in [2.75, 3.05) is 13.7 Å². The molecular weight excluding hydrogens is 244 g/mol. The van der Waals surface area contributed by atoms with Crippen LogP contribution in [0.15, 0.2) is 12.2 Å². The Labute approximate surface area is 112 Å². The van der Waals surface area contributed by atoms with Gasteiger partial charge in [-0.05, 0) is 18.9 Å². The Bertz CT molecular complexity index is 265. The van der Waals surface area contributed by atoms with Gasteiger partial charge in [-0.2, -0.15) is 0 Å². The average molecular weight is 272 g/mol. The van der Waals surface area contributed by atoms with Crippen LogP contribution in [0.1, 0.15) is 32.1 Å². The molecule has 1 aliphatic rings. The molecule has 18 heavy (non-hydrogen) atoms. The molecule has 0 aliphatic heterocycles. The number of methoxy groups -OCH3 is 1. The fourth-order valence-electron chi connectivity index (χ4n) is 2.43. The molecule has 3 nitrogen and oxygen atoms in total. The molecule has 0 amide bonds. The highest BCUT2D eigenvalue weighted by Gasteiger charge is 2.34. The molecule has 0 aromatic carbocycles. The maximum Gasteiger partial charge on any atom is 0.201 e. The van der Waals surface area contributed by atoms with E-state index < -0.39 is 13.9 Å². The van der Waals surface area contributed by atoms with Gasteiger partial charge in [0, 0.05) is 28.0 Å². The van der Waals surface area contributed by atoms with Crippen LogP contribution in [-0.2, 0) is 14.5 Å². The van der Waals surface area contributed by atoms with Gasteiger partial charge in [0.15, 0.2) is 0 Å². The van der Waals surface area contributed by atoms with Crippen LogP contribution in [0, 0.1) is 0 Å². The quantitative estimate of drug-likeness (QED) is 0.229. The van der Waals surface area contributed by atoms with Gasteiger partial charge in [0.1, 0.15) is 6.61 Å². The van der Waals surface area contributed by atoms with Crippen LogP contribution in [0.2, 0.25) is 25.7 Å². The van der Waals surface area contributed by atoms with E-state index in [0.29, 0.717) is 6.61 Å². The van der Waals surface area contributed by atoms with E-state index in [0.717, 1.165) is 37.3 Å². The number of hydrogen-bond acceptors (Lipinski definition) is 3. The number of ether oxygens (including phenoxy) is 1. The average Bonchev–Trinajstić information content (AvgIpc) is 2.28. The van der Waals surface area contributed by atoms with E-state index in [2.05, 4.69) is 26.2 Å². The lowest BCUT2D eigenvalue weighted by molar-refractivity contribution is -0.427. The molecule has 1 fully saturated rings. The van der Waals surface area contributed by atoms with Gasteiger partial charge in [-0.25, -0.2) is 9.78 Å². The predicted octanol–water partition coefficient (Wildman–Crippen LogP) is 4.14. The van der Waals surface area contributed by atoms with E-state index in [1.165, 1.54) is 6.42 Å². The Balaban J connectivity index is 2.29. The predicted molar refractivity (Wildman–Crippen MR) is 77.2 cm³/mol. The fourth-order valence-corrected chi connectivity index (χ4v) is 4.04. The first-order valence-electron chi connectivity index (χ1n) is 6.89. The summed E-state index contributed by atoms with van der Waals surface area (Å²) in [5, 5.41) is 0. The van der Waals surface area contributed by atoms with Gasteiger partial charge < -0.3 is 4.74 Å². The summed E-state index contributed by atoms with van der Waals surface area (Å²) in [5.74, 6) is -0.516. The summed E-state index contributed by atoms with van der Waals surface area (Å²) in [5.41, 5.74) is 1.12. The number of hydrogen-bond donors (Lipinski definition) is 0. The van der Waals surface area contributed by atoms with E-state index in [1.807, 2.05) is 0 Å².